The third kappa shape index (κ3) is 1.79. The lowest BCUT2D eigenvalue weighted by Gasteiger charge is -2.06. The Morgan fingerprint density at radius 2 is 2.08 bits per heavy atom. The van der Waals surface area contributed by atoms with E-state index in [4.69, 9.17) is 5.73 Å². The van der Waals surface area contributed by atoms with Gasteiger partial charge in [-0.3, -0.25) is 4.79 Å². The van der Waals surface area contributed by atoms with Gasteiger partial charge >= 0.3 is 0 Å². The molecule has 64 valence electrons. The molecule has 0 radical (unpaired) electrons. The minimum atomic E-state index is -0.619. The standard InChI is InChI=1S/C8H10N2O2/c1-6(11)8(9)7-2-4-10(12)5-3-7/h2-5,8H,9H2,1H3. The molecule has 0 aliphatic rings. The molecule has 0 spiro atoms. The van der Waals surface area contributed by atoms with E-state index in [0.29, 0.717) is 10.3 Å². The molecule has 1 aromatic heterocycles. The Morgan fingerprint density at radius 1 is 1.58 bits per heavy atom. The summed E-state index contributed by atoms with van der Waals surface area (Å²) in [5, 5.41) is 10.6. The second kappa shape index (κ2) is 3.32. The lowest BCUT2D eigenvalue weighted by atomic mass is 10.1. The summed E-state index contributed by atoms with van der Waals surface area (Å²) < 4.78 is 0.649. The quantitative estimate of drug-likeness (QED) is 0.493. The first-order valence-corrected chi connectivity index (χ1v) is 3.56. The van der Waals surface area contributed by atoms with E-state index in [1.807, 2.05) is 0 Å². The minimum absolute atomic E-state index is 0.112. The van der Waals surface area contributed by atoms with E-state index in [-0.39, 0.29) is 5.78 Å². The first-order chi connectivity index (χ1) is 5.61. The molecule has 0 bridgehead atoms. The van der Waals surface area contributed by atoms with E-state index < -0.39 is 6.04 Å². The highest BCUT2D eigenvalue weighted by Gasteiger charge is 2.10. The van der Waals surface area contributed by atoms with Gasteiger partial charge in [0.25, 0.3) is 0 Å². The van der Waals surface area contributed by atoms with Crippen LogP contribution in [0.4, 0.5) is 0 Å². The van der Waals surface area contributed by atoms with Gasteiger partial charge in [0.15, 0.2) is 18.2 Å². The summed E-state index contributed by atoms with van der Waals surface area (Å²) in [7, 11) is 0. The predicted octanol–water partition coefficient (Wildman–Crippen LogP) is -0.0912. The molecule has 0 amide bonds. The number of pyridine rings is 1. The van der Waals surface area contributed by atoms with E-state index in [9.17, 15) is 10.0 Å². The van der Waals surface area contributed by atoms with Crippen LogP contribution in [-0.2, 0) is 4.79 Å². The molecule has 0 aromatic carbocycles. The van der Waals surface area contributed by atoms with E-state index in [2.05, 4.69) is 0 Å². The third-order valence-electron chi connectivity index (χ3n) is 1.62. The highest BCUT2D eigenvalue weighted by atomic mass is 16.5. The van der Waals surface area contributed by atoms with Gasteiger partial charge in [-0.15, -0.1) is 0 Å². The van der Waals surface area contributed by atoms with Crippen LogP contribution in [0.25, 0.3) is 0 Å². The summed E-state index contributed by atoms with van der Waals surface area (Å²) in [6.07, 6.45) is 2.64. The zero-order valence-electron chi connectivity index (χ0n) is 6.73. The Kier molecular flexibility index (Phi) is 2.40. The lowest BCUT2D eigenvalue weighted by Crippen LogP contribution is -2.26. The van der Waals surface area contributed by atoms with Crippen LogP contribution in [0.15, 0.2) is 24.5 Å². The average Bonchev–Trinajstić information content (AvgIpc) is 2.04. The van der Waals surface area contributed by atoms with Crippen LogP contribution < -0.4 is 10.5 Å². The van der Waals surface area contributed by atoms with Gasteiger partial charge in [-0.05, 0) is 12.5 Å². The summed E-state index contributed by atoms with van der Waals surface area (Å²) in [4.78, 5) is 10.8. The molecule has 0 saturated carbocycles. The van der Waals surface area contributed by atoms with E-state index >= 15 is 0 Å². The van der Waals surface area contributed by atoms with Gasteiger partial charge in [-0.1, -0.05) is 0 Å². The van der Waals surface area contributed by atoms with Gasteiger partial charge in [0.1, 0.15) is 0 Å². The van der Waals surface area contributed by atoms with E-state index in [1.54, 1.807) is 12.1 Å². The molecule has 0 fully saturated rings. The first-order valence-electron chi connectivity index (χ1n) is 3.56. The summed E-state index contributed by atoms with van der Waals surface area (Å²) in [6, 6.07) is 2.46. The van der Waals surface area contributed by atoms with Gasteiger partial charge in [0, 0.05) is 12.1 Å². The van der Waals surface area contributed by atoms with Crippen molar-refractivity contribution in [3.63, 3.8) is 0 Å². The van der Waals surface area contributed by atoms with Crippen molar-refractivity contribution in [1.29, 1.82) is 0 Å². The number of ketones is 1. The molecule has 0 aliphatic heterocycles. The Labute approximate surface area is 70.2 Å². The number of aromatic nitrogens is 1. The molecule has 0 saturated heterocycles. The molecule has 12 heavy (non-hydrogen) atoms. The van der Waals surface area contributed by atoms with Gasteiger partial charge in [0.05, 0.1) is 6.04 Å². The zero-order chi connectivity index (χ0) is 9.14. The highest BCUT2D eigenvalue weighted by Crippen LogP contribution is 2.07. The molecular weight excluding hydrogens is 156 g/mol. The summed E-state index contributed by atoms with van der Waals surface area (Å²) in [5.74, 6) is -0.112. The van der Waals surface area contributed by atoms with Crippen LogP contribution in [0.3, 0.4) is 0 Å². The van der Waals surface area contributed by atoms with Crippen molar-refractivity contribution in [2.75, 3.05) is 0 Å². The number of nitrogens with two attached hydrogens (primary N) is 1. The molecular formula is C8H10N2O2. The number of nitrogens with zero attached hydrogens (tertiary/aromatic N) is 1. The van der Waals surface area contributed by atoms with E-state index in [1.165, 1.54) is 19.3 Å². The molecule has 2 N–H and O–H groups in total. The van der Waals surface area contributed by atoms with Gasteiger partial charge in [-0.25, -0.2) is 0 Å². The van der Waals surface area contributed by atoms with Crippen LogP contribution in [0.2, 0.25) is 0 Å². The maximum atomic E-state index is 10.8. The van der Waals surface area contributed by atoms with Gasteiger partial charge < -0.3 is 10.9 Å². The fourth-order valence-corrected chi connectivity index (χ4v) is 0.866. The third-order valence-corrected chi connectivity index (χ3v) is 1.62. The maximum Gasteiger partial charge on any atom is 0.180 e. The van der Waals surface area contributed by atoms with Crippen molar-refractivity contribution in [1.82, 2.24) is 0 Å². The molecule has 1 rings (SSSR count). The first kappa shape index (κ1) is 8.67. The minimum Gasteiger partial charge on any atom is -0.619 e. The molecule has 4 heteroatoms. The highest BCUT2D eigenvalue weighted by molar-refractivity contribution is 5.82. The van der Waals surface area contributed by atoms with Gasteiger partial charge in [-0.2, -0.15) is 4.73 Å². The molecule has 1 unspecified atom stereocenters. The van der Waals surface area contributed by atoms with Crippen LogP contribution in [0.1, 0.15) is 18.5 Å². The number of carbonyl (C=O) groups is 1. The van der Waals surface area contributed by atoms with Crippen molar-refractivity contribution in [2.45, 2.75) is 13.0 Å². The molecule has 0 aliphatic carbocycles. The second-order valence-corrected chi connectivity index (χ2v) is 2.58. The van der Waals surface area contributed by atoms with Crippen molar-refractivity contribution in [3.05, 3.63) is 35.3 Å². The fourth-order valence-electron chi connectivity index (χ4n) is 0.866. The number of carbonyl (C=O) groups excluding carboxylic acids is 1. The number of hydrogen-bond acceptors (Lipinski definition) is 3. The van der Waals surface area contributed by atoms with Crippen LogP contribution in [0, 0.1) is 5.21 Å². The molecule has 1 heterocycles. The molecule has 1 atom stereocenters. The molecule has 4 nitrogen and oxygen atoms in total. The topological polar surface area (TPSA) is 70.0 Å². The normalized spacial score (nSPS) is 12.5. The summed E-state index contributed by atoms with van der Waals surface area (Å²) in [6.45, 7) is 1.42. The number of Topliss-reactive ketones (excluding diaryl/α,β-unsaturated/α-hetero) is 1. The SMILES string of the molecule is CC(=O)C(N)c1cc[n+]([O-])cc1. The predicted molar refractivity (Wildman–Crippen MR) is 43.0 cm³/mol. The number of rotatable bonds is 2. The fraction of sp³-hybridized carbons (Fsp3) is 0.250. The Bertz CT molecular complexity index is 282. The van der Waals surface area contributed by atoms with Gasteiger partial charge in [0.2, 0.25) is 0 Å². The maximum absolute atomic E-state index is 10.8. The Morgan fingerprint density at radius 3 is 2.50 bits per heavy atom. The largest absolute Gasteiger partial charge is 0.619 e. The smallest absolute Gasteiger partial charge is 0.180 e. The van der Waals surface area contributed by atoms with Crippen molar-refractivity contribution in [2.24, 2.45) is 5.73 Å². The van der Waals surface area contributed by atoms with Crippen LogP contribution in [0.5, 0.6) is 0 Å². The van der Waals surface area contributed by atoms with E-state index in [0.717, 1.165) is 0 Å². The van der Waals surface area contributed by atoms with Crippen molar-refractivity contribution >= 4 is 5.78 Å². The summed E-state index contributed by atoms with van der Waals surface area (Å²) in [5.41, 5.74) is 6.19. The molecule has 1 aromatic rings. The summed E-state index contributed by atoms with van der Waals surface area (Å²) >= 11 is 0. The monoisotopic (exact) mass is 166 g/mol. The van der Waals surface area contributed by atoms with Crippen LogP contribution in [-0.4, -0.2) is 5.78 Å². The lowest BCUT2D eigenvalue weighted by molar-refractivity contribution is -0.605. The van der Waals surface area contributed by atoms with Crippen molar-refractivity contribution in [3.8, 4) is 0 Å². The number of hydrogen-bond donors (Lipinski definition) is 1. The van der Waals surface area contributed by atoms with Crippen LogP contribution >= 0.6 is 0 Å². The second-order valence-electron chi connectivity index (χ2n) is 2.58. The average molecular weight is 166 g/mol. The Balaban J connectivity index is 2.89. The Hall–Kier alpha value is -1.42. The van der Waals surface area contributed by atoms with Crippen molar-refractivity contribution < 1.29 is 9.52 Å². The zero-order valence-corrected chi connectivity index (χ0v) is 6.73.